The molecule has 1 unspecified atom stereocenters. The quantitative estimate of drug-likeness (QED) is 0.722. The van der Waals surface area contributed by atoms with Crippen LogP contribution in [0.5, 0.6) is 0 Å². The number of amides is 1. The van der Waals surface area contributed by atoms with E-state index in [4.69, 9.17) is 0 Å². The van der Waals surface area contributed by atoms with E-state index in [1.165, 1.54) is 12.8 Å². The molecule has 1 atom stereocenters. The molecule has 0 bridgehead atoms. The maximum Gasteiger partial charge on any atom is 0.234 e. The van der Waals surface area contributed by atoms with Gasteiger partial charge in [0.1, 0.15) is 0 Å². The van der Waals surface area contributed by atoms with Gasteiger partial charge in [0.15, 0.2) is 0 Å². The molecule has 124 valence electrons. The predicted molar refractivity (Wildman–Crippen MR) is 89.4 cm³/mol. The van der Waals surface area contributed by atoms with Crippen molar-refractivity contribution in [3.8, 4) is 0 Å². The number of hydrogen-bond acceptors (Lipinski definition) is 3. The molecule has 1 fully saturated rings. The average Bonchev–Trinajstić information content (AvgIpc) is 2.38. The summed E-state index contributed by atoms with van der Waals surface area (Å²) in [7, 11) is 0. The summed E-state index contributed by atoms with van der Waals surface area (Å²) in [6.07, 6.45) is 3.45. The van der Waals surface area contributed by atoms with Crippen molar-refractivity contribution in [1.82, 2.24) is 15.5 Å². The summed E-state index contributed by atoms with van der Waals surface area (Å²) in [6, 6.07) is 0. The Labute approximate surface area is 131 Å². The van der Waals surface area contributed by atoms with Gasteiger partial charge in [-0.1, -0.05) is 20.8 Å². The van der Waals surface area contributed by atoms with Gasteiger partial charge in [-0.15, -0.1) is 0 Å². The molecule has 1 rings (SSSR count). The summed E-state index contributed by atoms with van der Waals surface area (Å²) >= 11 is 0. The summed E-state index contributed by atoms with van der Waals surface area (Å²) in [6.45, 7) is 15.6. The van der Waals surface area contributed by atoms with Crippen molar-refractivity contribution >= 4 is 5.91 Å². The van der Waals surface area contributed by atoms with E-state index in [9.17, 15) is 4.79 Å². The van der Waals surface area contributed by atoms with Crippen molar-refractivity contribution in [1.29, 1.82) is 0 Å². The Morgan fingerprint density at radius 2 is 2.10 bits per heavy atom. The van der Waals surface area contributed by atoms with E-state index in [2.05, 4.69) is 50.2 Å². The van der Waals surface area contributed by atoms with Crippen molar-refractivity contribution in [2.24, 2.45) is 11.8 Å². The summed E-state index contributed by atoms with van der Waals surface area (Å²) < 4.78 is 0. The Balaban J connectivity index is 2.30. The zero-order valence-electron chi connectivity index (χ0n) is 14.7. The van der Waals surface area contributed by atoms with Crippen LogP contribution in [0.2, 0.25) is 0 Å². The van der Waals surface area contributed by atoms with Gasteiger partial charge in [0.2, 0.25) is 5.91 Å². The molecule has 0 aromatic rings. The standard InChI is InChI=1S/C17H35N3O/c1-6-17(4,5)19-16(21)13-20-9-7-8-15(12-20)11-18-10-14(2)3/h14-15,18H,6-13H2,1-5H3,(H,19,21). The highest BCUT2D eigenvalue weighted by atomic mass is 16.2. The van der Waals surface area contributed by atoms with Crippen LogP contribution >= 0.6 is 0 Å². The number of carbonyl (C=O) groups excluding carboxylic acids is 1. The van der Waals surface area contributed by atoms with Crippen LogP contribution < -0.4 is 10.6 Å². The molecule has 0 radical (unpaired) electrons. The molecular weight excluding hydrogens is 262 g/mol. The Hall–Kier alpha value is -0.610. The first-order valence-corrected chi connectivity index (χ1v) is 8.56. The predicted octanol–water partition coefficient (Wildman–Crippen LogP) is 2.25. The van der Waals surface area contributed by atoms with E-state index >= 15 is 0 Å². The second-order valence-corrected chi connectivity index (χ2v) is 7.58. The molecule has 1 aliphatic rings. The Morgan fingerprint density at radius 3 is 2.71 bits per heavy atom. The second kappa shape index (κ2) is 8.74. The molecule has 4 nitrogen and oxygen atoms in total. The fourth-order valence-electron chi connectivity index (χ4n) is 2.75. The van der Waals surface area contributed by atoms with Gasteiger partial charge in [-0.2, -0.15) is 0 Å². The molecule has 4 heteroatoms. The minimum atomic E-state index is -0.0922. The fourth-order valence-corrected chi connectivity index (χ4v) is 2.75. The van der Waals surface area contributed by atoms with Crippen molar-refractivity contribution < 1.29 is 4.79 Å². The van der Waals surface area contributed by atoms with Gasteiger partial charge < -0.3 is 10.6 Å². The SMILES string of the molecule is CCC(C)(C)NC(=O)CN1CCCC(CNCC(C)C)C1. The average molecular weight is 297 g/mol. The first-order valence-electron chi connectivity index (χ1n) is 8.56. The van der Waals surface area contributed by atoms with Crippen LogP contribution in [0.1, 0.15) is 53.9 Å². The molecule has 1 aliphatic heterocycles. The van der Waals surface area contributed by atoms with E-state index in [1.807, 2.05) is 0 Å². The van der Waals surface area contributed by atoms with E-state index in [0.29, 0.717) is 18.4 Å². The van der Waals surface area contributed by atoms with Gasteiger partial charge in [-0.05, 0) is 64.6 Å². The number of likely N-dealkylation sites (tertiary alicyclic amines) is 1. The van der Waals surface area contributed by atoms with Gasteiger partial charge >= 0.3 is 0 Å². The molecule has 21 heavy (non-hydrogen) atoms. The van der Waals surface area contributed by atoms with Crippen LogP contribution in [0, 0.1) is 11.8 Å². The lowest BCUT2D eigenvalue weighted by Gasteiger charge is -2.33. The first kappa shape index (κ1) is 18.4. The number of rotatable bonds is 8. The van der Waals surface area contributed by atoms with Crippen LogP contribution in [-0.4, -0.2) is 49.1 Å². The third-order valence-electron chi connectivity index (χ3n) is 4.32. The molecule has 0 aliphatic carbocycles. The number of carbonyl (C=O) groups is 1. The second-order valence-electron chi connectivity index (χ2n) is 7.58. The summed E-state index contributed by atoms with van der Waals surface area (Å²) in [5.74, 6) is 1.55. The lowest BCUT2D eigenvalue weighted by molar-refractivity contribution is -0.124. The third kappa shape index (κ3) is 7.82. The van der Waals surface area contributed by atoms with E-state index in [1.54, 1.807) is 0 Å². The lowest BCUT2D eigenvalue weighted by Crippen LogP contribution is -2.49. The molecule has 0 saturated carbocycles. The third-order valence-corrected chi connectivity index (χ3v) is 4.32. The van der Waals surface area contributed by atoms with Gasteiger partial charge in [-0.3, -0.25) is 9.69 Å². The van der Waals surface area contributed by atoms with Crippen molar-refractivity contribution in [3.63, 3.8) is 0 Å². The molecule has 0 aromatic heterocycles. The maximum atomic E-state index is 12.1. The molecule has 1 saturated heterocycles. The van der Waals surface area contributed by atoms with Crippen molar-refractivity contribution in [3.05, 3.63) is 0 Å². The van der Waals surface area contributed by atoms with E-state index in [-0.39, 0.29) is 11.4 Å². The van der Waals surface area contributed by atoms with Crippen LogP contribution in [0.4, 0.5) is 0 Å². The highest BCUT2D eigenvalue weighted by molar-refractivity contribution is 5.78. The monoisotopic (exact) mass is 297 g/mol. The van der Waals surface area contributed by atoms with Crippen LogP contribution in [0.3, 0.4) is 0 Å². The number of nitrogens with one attached hydrogen (secondary N) is 2. The largest absolute Gasteiger partial charge is 0.350 e. The van der Waals surface area contributed by atoms with E-state index in [0.717, 1.165) is 32.6 Å². The van der Waals surface area contributed by atoms with Crippen molar-refractivity contribution in [2.45, 2.75) is 59.4 Å². The molecule has 0 spiro atoms. The Morgan fingerprint density at radius 1 is 1.38 bits per heavy atom. The zero-order chi connectivity index (χ0) is 15.9. The number of hydrogen-bond donors (Lipinski definition) is 2. The maximum absolute atomic E-state index is 12.1. The van der Waals surface area contributed by atoms with Crippen LogP contribution in [0.15, 0.2) is 0 Å². The van der Waals surface area contributed by atoms with Crippen LogP contribution in [-0.2, 0) is 4.79 Å². The summed E-state index contributed by atoms with van der Waals surface area (Å²) in [5.41, 5.74) is -0.0922. The molecular formula is C17H35N3O. The summed E-state index contributed by atoms with van der Waals surface area (Å²) in [4.78, 5) is 14.4. The molecule has 1 amide bonds. The Bertz CT molecular complexity index is 315. The van der Waals surface area contributed by atoms with E-state index < -0.39 is 0 Å². The highest BCUT2D eigenvalue weighted by Crippen LogP contribution is 2.16. The topological polar surface area (TPSA) is 44.4 Å². The highest BCUT2D eigenvalue weighted by Gasteiger charge is 2.23. The van der Waals surface area contributed by atoms with Gasteiger partial charge in [0.25, 0.3) is 0 Å². The number of nitrogens with zero attached hydrogens (tertiary/aromatic N) is 1. The van der Waals surface area contributed by atoms with Gasteiger partial charge in [0, 0.05) is 12.1 Å². The fraction of sp³-hybridized carbons (Fsp3) is 0.941. The minimum Gasteiger partial charge on any atom is -0.350 e. The smallest absolute Gasteiger partial charge is 0.234 e. The first-order chi connectivity index (χ1) is 9.82. The van der Waals surface area contributed by atoms with Crippen molar-refractivity contribution in [2.75, 3.05) is 32.7 Å². The molecule has 2 N–H and O–H groups in total. The summed E-state index contributed by atoms with van der Waals surface area (Å²) in [5, 5.41) is 6.68. The van der Waals surface area contributed by atoms with Crippen LogP contribution in [0.25, 0.3) is 0 Å². The number of piperidine rings is 1. The Kier molecular flexibility index (Phi) is 7.67. The van der Waals surface area contributed by atoms with Gasteiger partial charge in [-0.25, -0.2) is 0 Å². The lowest BCUT2D eigenvalue weighted by atomic mass is 9.97. The zero-order valence-corrected chi connectivity index (χ0v) is 14.7. The molecule has 0 aromatic carbocycles. The molecule has 1 heterocycles. The van der Waals surface area contributed by atoms with Gasteiger partial charge in [0.05, 0.1) is 6.54 Å². The normalized spacial score (nSPS) is 20.8. The minimum absolute atomic E-state index is 0.0922.